The lowest BCUT2D eigenvalue weighted by atomic mass is 10.1. The van der Waals surface area contributed by atoms with Crippen molar-refractivity contribution in [3.63, 3.8) is 0 Å². The normalized spacial score (nSPS) is 10.2. The zero-order valence-corrected chi connectivity index (χ0v) is 10.5. The van der Waals surface area contributed by atoms with Gasteiger partial charge in [0.1, 0.15) is 5.82 Å². The predicted octanol–water partition coefficient (Wildman–Crippen LogP) is 2.12. The Morgan fingerprint density at radius 3 is 2.63 bits per heavy atom. The molecule has 2 rings (SSSR count). The number of nitrogens with one attached hydrogen (secondary N) is 1. The van der Waals surface area contributed by atoms with E-state index < -0.39 is 0 Å². The third-order valence-electron chi connectivity index (χ3n) is 2.72. The summed E-state index contributed by atoms with van der Waals surface area (Å²) in [5.41, 5.74) is 1.75. The second kappa shape index (κ2) is 6.64. The molecule has 0 aliphatic carbocycles. The van der Waals surface area contributed by atoms with Gasteiger partial charge in [0.05, 0.1) is 6.42 Å². The lowest BCUT2D eigenvalue weighted by molar-refractivity contribution is -0.120. The van der Waals surface area contributed by atoms with Gasteiger partial charge in [0.25, 0.3) is 0 Å². The number of carbonyl (C=O) groups is 1. The minimum Gasteiger partial charge on any atom is -0.355 e. The van der Waals surface area contributed by atoms with Gasteiger partial charge in [-0.05, 0) is 36.2 Å². The van der Waals surface area contributed by atoms with Gasteiger partial charge in [0.15, 0.2) is 0 Å². The summed E-state index contributed by atoms with van der Waals surface area (Å²) < 4.78 is 12.7. The first-order valence-electron chi connectivity index (χ1n) is 6.15. The largest absolute Gasteiger partial charge is 0.355 e. The Morgan fingerprint density at radius 1 is 1.16 bits per heavy atom. The first-order valence-corrected chi connectivity index (χ1v) is 6.15. The summed E-state index contributed by atoms with van der Waals surface area (Å²) in [5, 5.41) is 2.82. The second-order valence-corrected chi connectivity index (χ2v) is 4.22. The van der Waals surface area contributed by atoms with Crippen molar-refractivity contribution in [2.75, 3.05) is 6.54 Å². The molecule has 0 aliphatic heterocycles. The molecule has 0 bridgehead atoms. The van der Waals surface area contributed by atoms with Crippen LogP contribution in [0, 0.1) is 5.82 Å². The first kappa shape index (κ1) is 13.2. The van der Waals surface area contributed by atoms with E-state index >= 15 is 0 Å². The van der Waals surface area contributed by atoms with Crippen LogP contribution >= 0.6 is 0 Å². The van der Waals surface area contributed by atoms with Crippen molar-refractivity contribution >= 4 is 5.91 Å². The van der Waals surface area contributed by atoms with Gasteiger partial charge in [0.2, 0.25) is 5.91 Å². The Kier molecular flexibility index (Phi) is 4.61. The second-order valence-electron chi connectivity index (χ2n) is 4.22. The zero-order valence-electron chi connectivity index (χ0n) is 10.5. The molecule has 98 valence electrons. The summed E-state index contributed by atoms with van der Waals surface area (Å²) in [6.07, 6.45) is 2.64. The highest BCUT2D eigenvalue weighted by atomic mass is 19.1. The molecule has 0 saturated carbocycles. The molecule has 4 heteroatoms. The number of halogens is 1. The van der Waals surface area contributed by atoms with Crippen LogP contribution in [0.2, 0.25) is 0 Å². The van der Waals surface area contributed by atoms with Crippen molar-refractivity contribution in [3.8, 4) is 0 Å². The average Bonchev–Trinajstić information content (AvgIpc) is 2.42. The van der Waals surface area contributed by atoms with E-state index in [1.54, 1.807) is 18.3 Å². The minimum absolute atomic E-state index is 0.0548. The van der Waals surface area contributed by atoms with Crippen molar-refractivity contribution in [2.45, 2.75) is 12.8 Å². The molecule has 1 aromatic carbocycles. The molecule has 1 heterocycles. The molecule has 0 fully saturated rings. The van der Waals surface area contributed by atoms with Gasteiger partial charge < -0.3 is 5.32 Å². The summed E-state index contributed by atoms with van der Waals surface area (Å²) in [6, 6.07) is 11.8. The quantitative estimate of drug-likeness (QED) is 0.892. The standard InChI is InChI=1S/C15H15FN2O/c16-13-6-4-12(5-7-13)8-10-18-15(19)11-14-3-1-2-9-17-14/h1-7,9H,8,10-11H2,(H,18,19). The summed E-state index contributed by atoms with van der Waals surface area (Å²) in [5.74, 6) is -0.302. The molecule has 1 amide bonds. The zero-order chi connectivity index (χ0) is 13.5. The van der Waals surface area contributed by atoms with Crippen LogP contribution in [0.25, 0.3) is 0 Å². The van der Waals surface area contributed by atoms with Crippen LogP contribution in [0.3, 0.4) is 0 Å². The van der Waals surface area contributed by atoms with Crippen molar-refractivity contribution < 1.29 is 9.18 Å². The molecule has 0 spiro atoms. The van der Waals surface area contributed by atoms with Crippen LogP contribution in [0.1, 0.15) is 11.3 Å². The lowest BCUT2D eigenvalue weighted by Gasteiger charge is -2.05. The molecular weight excluding hydrogens is 243 g/mol. The maximum absolute atomic E-state index is 12.7. The van der Waals surface area contributed by atoms with Gasteiger partial charge in [-0.15, -0.1) is 0 Å². The third-order valence-corrected chi connectivity index (χ3v) is 2.72. The van der Waals surface area contributed by atoms with Crippen LogP contribution in [-0.2, 0) is 17.6 Å². The molecule has 2 aromatic rings. The topological polar surface area (TPSA) is 42.0 Å². The van der Waals surface area contributed by atoms with E-state index in [1.807, 2.05) is 18.2 Å². The number of hydrogen-bond acceptors (Lipinski definition) is 2. The highest BCUT2D eigenvalue weighted by Crippen LogP contribution is 2.02. The fourth-order valence-electron chi connectivity index (χ4n) is 1.73. The van der Waals surface area contributed by atoms with Crippen molar-refractivity contribution in [2.24, 2.45) is 0 Å². The van der Waals surface area contributed by atoms with Gasteiger partial charge >= 0.3 is 0 Å². The number of hydrogen-bond donors (Lipinski definition) is 1. The Morgan fingerprint density at radius 2 is 1.95 bits per heavy atom. The Balaban J connectivity index is 1.74. The highest BCUT2D eigenvalue weighted by molar-refractivity contribution is 5.78. The van der Waals surface area contributed by atoms with E-state index in [2.05, 4.69) is 10.3 Å². The molecule has 1 aromatic heterocycles. The number of benzene rings is 1. The number of aromatic nitrogens is 1. The highest BCUT2D eigenvalue weighted by Gasteiger charge is 2.03. The molecule has 0 radical (unpaired) electrons. The molecule has 1 N–H and O–H groups in total. The van der Waals surface area contributed by atoms with Gasteiger partial charge in [-0.2, -0.15) is 0 Å². The monoisotopic (exact) mass is 258 g/mol. The Bertz CT molecular complexity index is 526. The number of amides is 1. The molecule has 0 saturated heterocycles. The molecule has 19 heavy (non-hydrogen) atoms. The maximum atomic E-state index is 12.7. The Labute approximate surface area is 111 Å². The van der Waals surface area contributed by atoms with Gasteiger partial charge in [-0.25, -0.2) is 4.39 Å². The SMILES string of the molecule is O=C(Cc1ccccn1)NCCc1ccc(F)cc1. The Hall–Kier alpha value is -2.23. The van der Waals surface area contributed by atoms with Crippen molar-refractivity contribution in [1.82, 2.24) is 10.3 Å². The maximum Gasteiger partial charge on any atom is 0.226 e. The summed E-state index contributed by atoms with van der Waals surface area (Å²) in [6.45, 7) is 0.539. The molecule has 0 atom stereocenters. The van der Waals surface area contributed by atoms with Crippen LogP contribution < -0.4 is 5.32 Å². The summed E-state index contributed by atoms with van der Waals surface area (Å²) in [4.78, 5) is 15.7. The van der Waals surface area contributed by atoms with E-state index in [0.29, 0.717) is 13.0 Å². The number of rotatable bonds is 5. The predicted molar refractivity (Wildman–Crippen MR) is 71.1 cm³/mol. The van der Waals surface area contributed by atoms with E-state index in [9.17, 15) is 9.18 Å². The average molecular weight is 258 g/mol. The third kappa shape index (κ3) is 4.50. The molecule has 3 nitrogen and oxygen atoms in total. The summed E-state index contributed by atoms with van der Waals surface area (Å²) >= 11 is 0. The molecule has 0 unspecified atom stereocenters. The minimum atomic E-state index is -0.247. The fraction of sp³-hybridized carbons (Fsp3) is 0.200. The lowest BCUT2D eigenvalue weighted by Crippen LogP contribution is -2.27. The first-order chi connectivity index (χ1) is 9.24. The van der Waals surface area contributed by atoms with Crippen LogP contribution in [0.5, 0.6) is 0 Å². The van der Waals surface area contributed by atoms with Crippen LogP contribution in [-0.4, -0.2) is 17.4 Å². The number of pyridine rings is 1. The smallest absolute Gasteiger partial charge is 0.226 e. The van der Waals surface area contributed by atoms with E-state index in [1.165, 1.54) is 12.1 Å². The van der Waals surface area contributed by atoms with Crippen LogP contribution in [0.15, 0.2) is 48.7 Å². The summed E-state index contributed by atoms with van der Waals surface area (Å²) in [7, 11) is 0. The fourth-order valence-corrected chi connectivity index (χ4v) is 1.73. The number of nitrogens with zero attached hydrogens (tertiary/aromatic N) is 1. The number of carbonyl (C=O) groups excluding carboxylic acids is 1. The molecular formula is C15H15FN2O. The van der Waals surface area contributed by atoms with Crippen LogP contribution in [0.4, 0.5) is 4.39 Å². The van der Waals surface area contributed by atoms with E-state index in [-0.39, 0.29) is 18.1 Å². The van der Waals surface area contributed by atoms with Gasteiger partial charge in [-0.1, -0.05) is 18.2 Å². The van der Waals surface area contributed by atoms with E-state index in [4.69, 9.17) is 0 Å². The van der Waals surface area contributed by atoms with Crippen molar-refractivity contribution in [3.05, 3.63) is 65.7 Å². The van der Waals surface area contributed by atoms with Crippen molar-refractivity contribution in [1.29, 1.82) is 0 Å². The van der Waals surface area contributed by atoms with Gasteiger partial charge in [0, 0.05) is 18.4 Å². The van der Waals surface area contributed by atoms with E-state index in [0.717, 1.165) is 11.3 Å². The van der Waals surface area contributed by atoms with Gasteiger partial charge in [-0.3, -0.25) is 9.78 Å². The molecule has 0 aliphatic rings.